The van der Waals surface area contributed by atoms with E-state index in [-0.39, 0.29) is 5.60 Å². The number of hydrogen-bond acceptors (Lipinski definition) is 2. The average molecular weight is 211 g/mol. The van der Waals surface area contributed by atoms with Gasteiger partial charge in [0, 0.05) is 19.7 Å². The van der Waals surface area contributed by atoms with Crippen LogP contribution < -0.4 is 5.32 Å². The SMILES string of the molecule is COC1(CNC(C)CC2CCC2)CCC1. The summed E-state index contributed by atoms with van der Waals surface area (Å²) in [5.74, 6) is 1.01. The van der Waals surface area contributed by atoms with Crippen LogP contribution in [0.1, 0.15) is 51.9 Å². The van der Waals surface area contributed by atoms with Gasteiger partial charge in [-0.25, -0.2) is 0 Å². The molecular formula is C13H25NO. The van der Waals surface area contributed by atoms with Gasteiger partial charge in [-0.15, -0.1) is 0 Å². The monoisotopic (exact) mass is 211 g/mol. The van der Waals surface area contributed by atoms with Gasteiger partial charge in [0.1, 0.15) is 0 Å². The van der Waals surface area contributed by atoms with Crippen molar-refractivity contribution in [2.75, 3.05) is 13.7 Å². The molecule has 0 spiro atoms. The quantitative estimate of drug-likeness (QED) is 0.729. The molecule has 0 heterocycles. The fourth-order valence-corrected chi connectivity index (χ4v) is 2.70. The second kappa shape index (κ2) is 4.84. The third-order valence-corrected chi connectivity index (χ3v) is 4.38. The number of methoxy groups -OCH3 is 1. The minimum Gasteiger partial charge on any atom is -0.377 e. The minimum atomic E-state index is 0.188. The van der Waals surface area contributed by atoms with Gasteiger partial charge in [0.05, 0.1) is 5.60 Å². The van der Waals surface area contributed by atoms with Gasteiger partial charge in [0.25, 0.3) is 0 Å². The van der Waals surface area contributed by atoms with Gasteiger partial charge >= 0.3 is 0 Å². The largest absolute Gasteiger partial charge is 0.377 e. The molecule has 2 fully saturated rings. The zero-order valence-electron chi connectivity index (χ0n) is 10.2. The molecule has 2 aliphatic carbocycles. The number of nitrogens with one attached hydrogen (secondary N) is 1. The highest BCUT2D eigenvalue weighted by atomic mass is 16.5. The van der Waals surface area contributed by atoms with Crippen molar-refractivity contribution in [2.45, 2.75) is 63.5 Å². The Bertz CT molecular complexity index is 191. The Morgan fingerprint density at radius 1 is 1.33 bits per heavy atom. The molecule has 0 saturated heterocycles. The summed E-state index contributed by atoms with van der Waals surface area (Å²) >= 11 is 0. The minimum absolute atomic E-state index is 0.188. The molecule has 0 aromatic rings. The van der Waals surface area contributed by atoms with Gasteiger partial charge in [-0.2, -0.15) is 0 Å². The van der Waals surface area contributed by atoms with Gasteiger partial charge in [-0.1, -0.05) is 19.3 Å². The molecule has 15 heavy (non-hydrogen) atoms. The van der Waals surface area contributed by atoms with Crippen LogP contribution in [0.2, 0.25) is 0 Å². The average Bonchev–Trinajstić information content (AvgIpc) is 2.10. The zero-order valence-corrected chi connectivity index (χ0v) is 10.2. The van der Waals surface area contributed by atoms with Crippen molar-refractivity contribution in [1.82, 2.24) is 5.32 Å². The first-order valence-corrected chi connectivity index (χ1v) is 6.53. The topological polar surface area (TPSA) is 21.3 Å². The first-order valence-electron chi connectivity index (χ1n) is 6.53. The van der Waals surface area contributed by atoms with Crippen molar-refractivity contribution in [2.24, 2.45) is 5.92 Å². The molecular weight excluding hydrogens is 186 g/mol. The maximum absolute atomic E-state index is 5.61. The molecule has 0 radical (unpaired) electrons. The Labute approximate surface area is 93.8 Å². The van der Waals surface area contributed by atoms with E-state index in [1.807, 2.05) is 7.11 Å². The predicted octanol–water partition coefficient (Wildman–Crippen LogP) is 2.72. The maximum Gasteiger partial charge on any atom is 0.0802 e. The molecule has 88 valence electrons. The van der Waals surface area contributed by atoms with Crippen LogP contribution in [0.3, 0.4) is 0 Å². The van der Waals surface area contributed by atoms with Gasteiger partial charge in [0.2, 0.25) is 0 Å². The van der Waals surface area contributed by atoms with Crippen molar-refractivity contribution in [3.05, 3.63) is 0 Å². The van der Waals surface area contributed by atoms with E-state index in [0.717, 1.165) is 12.5 Å². The standard InChI is InChI=1S/C13H25NO/c1-11(9-12-5-3-6-12)14-10-13(15-2)7-4-8-13/h11-12,14H,3-10H2,1-2H3. The molecule has 2 saturated carbocycles. The number of hydrogen-bond donors (Lipinski definition) is 1. The highest BCUT2D eigenvalue weighted by molar-refractivity contribution is 4.92. The summed E-state index contributed by atoms with van der Waals surface area (Å²) in [5.41, 5.74) is 0.188. The molecule has 1 N–H and O–H groups in total. The van der Waals surface area contributed by atoms with Gasteiger partial charge in [0.15, 0.2) is 0 Å². The fraction of sp³-hybridized carbons (Fsp3) is 1.00. The van der Waals surface area contributed by atoms with Crippen LogP contribution in [0.5, 0.6) is 0 Å². The lowest BCUT2D eigenvalue weighted by molar-refractivity contribution is -0.0710. The first kappa shape index (κ1) is 11.4. The summed E-state index contributed by atoms with van der Waals surface area (Å²) < 4.78 is 5.61. The molecule has 0 aromatic carbocycles. The Kier molecular flexibility index (Phi) is 3.68. The lowest BCUT2D eigenvalue weighted by atomic mass is 9.79. The molecule has 0 amide bonds. The predicted molar refractivity (Wildman–Crippen MR) is 63.0 cm³/mol. The summed E-state index contributed by atoms with van der Waals surface area (Å²) in [5, 5.41) is 3.65. The lowest BCUT2D eigenvalue weighted by Gasteiger charge is -2.41. The van der Waals surface area contributed by atoms with E-state index < -0.39 is 0 Å². The molecule has 2 nitrogen and oxygen atoms in total. The second-order valence-electron chi connectivity index (χ2n) is 5.56. The summed E-state index contributed by atoms with van der Waals surface area (Å²) in [6, 6.07) is 0.669. The van der Waals surface area contributed by atoms with Crippen LogP contribution in [0.25, 0.3) is 0 Å². The van der Waals surface area contributed by atoms with E-state index in [9.17, 15) is 0 Å². The summed E-state index contributed by atoms with van der Waals surface area (Å²) in [6.45, 7) is 3.37. The first-order chi connectivity index (χ1) is 7.24. The maximum atomic E-state index is 5.61. The van der Waals surface area contributed by atoms with Crippen molar-refractivity contribution in [3.8, 4) is 0 Å². The highest BCUT2D eigenvalue weighted by Gasteiger charge is 2.36. The van der Waals surface area contributed by atoms with Gasteiger partial charge in [-0.05, 0) is 38.5 Å². The van der Waals surface area contributed by atoms with E-state index in [1.54, 1.807) is 0 Å². The Morgan fingerprint density at radius 2 is 2.07 bits per heavy atom. The van der Waals surface area contributed by atoms with E-state index in [2.05, 4.69) is 12.2 Å². The van der Waals surface area contributed by atoms with Gasteiger partial charge < -0.3 is 10.1 Å². The molecule has 2 rings (SSSR count). The normalized spacial score (nSPS) is 26.8. The highest BCUT2D eigenvalue weighted by Crippen LogP contribution is 2.35. The Morgan fingerprint density at radius 3 is 2.47 bits per heavy atom. The van der Waals surface area contributed by atoms with E-state index >= 15 is 0 Å². The third kappa shape index (κ3) is 2.73. The lowest BCUT2D eigenvalue weighted by Crippen LogP contribution is -2.50. The Hall–Kier alpha value is -0.0800. The molecule has 0 bridgehead atoms. The smallest absolute Gasteiger partial charge is 0.0802 e. The number of rotatable bonds is 6. The van der Waals surface area contributed by atoms with Crippen molar-refractivity contribution >= 4 is 0 Å². The molecule has 1 atom stereocenters. The fourth-order valence-electron chi connectivity index (χ4n) is 2.70. The van der Waals surface area contributed by atoms with Crippen LogP contribution in [-0.2, 0) is 4.74 Å². The molecule has 2 heteroatoms. The third-order valence-electron chi connectivity index (χ3n) is 4.38. The summed E-state index contributed by atoms with van der Waals surface area (Å²) in [7, 11) is 1.86. The molecule has 1 unspecified atom stereocenters. The van der Waals surface area contributed by atoms with E-state index in [4.69, 9.17) is 4.74 Å². The van der Waals surface area contributed by atoms with Crippen molar-refractivity contribution < 1.29 is 4.74 Å². The number of ether oxygens (including phenoxy) is 1. The van der Waals surface area contributed by atoms with E-state index in [0.29, 0.717) is 6.04 Å². The van der Waals surface area contributed by atoms with Gasteiger partial charge in [-0.3, -0.25) is 0 Å². The van der Waals surface area contributed by atoms with Crippen molar-refractivity contribution in [1.29, 1.82) is 0 Å². The van der Waals surface area contributed by atoms with Crippen LogP contribution in [0.15, 0.2) is 0 Å². The summed E-state index contributed by atoms with van der Waals surface area (Å²) in [6.07, 6.45) is 9.56. The van der Waals surface area contributed by atoms with Crippen LogP contribution >= 0.6 is 0 Å². The summed E-state index contributed by atoms with van der Waals surface area (Å²) in [4.78, 5) is 0. The zero-order chi connectivity index (χ0) is 10.7. The molecule has 0 aliphatic heterocycles. The molecule has 0 aromatic heterocycles. The second-order valence-corrected chi connectivity index (χ2v) is 5.56. The van der Waals surface area contributed by atoms with Crippen LogP contribution in [0, 0.1) is 5.92 Å². The Balaban J connectivity index is 1.63. The van der Waals surface area contributed by atoms with Crippen LogP contribution in [-0.4, -0.2) is 25.3 Å². The van der Waals surface area contributed by atoms with Crippen LogP contribution in [0.4, 0.5) is 0 Å². The van der Waals surface area contributed by atoms with Crippen molar-refractivity contribution in [3.63, 3.8) is 0 Å². The molecule has 2 aliphatic rings. The van der Waals surface area contributed by atoms with E-state index in [1.165, 1.54) is 44.9 Å².